The molecule has 0 heterocycles. The molecule has 102 valence electrons. The van der Waals surface area contributed by atoms with Crippen LogP contribution >= 0.6 is 43.5 Å². The van der Waals surface area contributed by atoms with Gasteiger partial charge < -0.3 is 4.74 Å². The predicted molar refractivity (Wildman–Crippen MR) is 86.1 cm³/mol. The number of methoxy groups -OCH3 is 1. The van der Waals surface area contributed by atoms with E-state index in [1.165, 1.54) is 19.3 Å². The molecule has 0 aliphatic heterocycles. The van der Waals surface area contributed by atoms with Crippen LogP contribution in [0, 0.1) is 5.92 Å². The lowest BCUT2D eigenvalue weighted by Gasteiger charge is -2.21. The lowest BCUT2D eigenvalue weighted by molar-refractivity contribution is 0.400. The van der Waals surface area contributed by atoms with E-state index >= 15 is 0 Å². The van der Waals surface area contributed by atoms with Gasteiger partial charge in [-0.15, -0.1) is 0 Å². The van der Waals surface area contributed by atoms with Crippen molar-refractivity contribution in [3.05, 3.63) is 27.2 Å². The zero-order valence-corrected chi connectivity index (χ0v) is 14.9. The Bertz CT molecular complexity index is 396. The summed E-state index contributed by atoms with van der Waals surface area (Å²) in [5.41, 5.74) is 1.11. The first-order chi connectivity index (χ1) is 8.51. The third-order valence-electron chi connectivity index (χ3n) is 3.05. The Balaban J connectivity index is 3.00. The molecule has 2 unspecified atom stereocenters. The minimum atomic E-state index is 0.258. The molecule has 0 spiro atoms. The molecule has 1 aromatic carbocycles. The zero-order chi connectivity index (χ0) is 13.7. The fraction of sp³-hybridized carbons (Fsp3) is 0.571. The van der Waals surface area contributed by atoms with Crippen LogP contribution in [0.3, 0.4) is 0 Å². The molecule has 0 aromatic heterocycles. The standard InChI is InChI=1S/C14H19Br2ClO/c1-4-5-6-9(2)13(16)11-7-10(17)8-12(15)14(11)18-3/h7-9,13H,4-6H2,1-3H3. The molecule has 0 bridgehead atoms. The van der Waals surface area contributed by atoms with Gasteiger partial charge in [-0.3, -0.25) is 0 Å². The van der Waals surface area contributed by atoms with E-state index in [0.717, 1.165) is 20.8 Å². The van der Waals surface area contributed by atoms with Crippen LogP contribution in [0.25, 0.3) is 0 Å². The number of ether oxygens (including phenoxy) is 1. The van der Waals surface area contributed by atoms with Crippen molar-refractivity contribution in [1.29, 1.82) is 0 Å². The summed E-state index contributed by atoms with van der Waals surface area (Å²) in [7, 11) is 1.69. The van der Waals surface area contributed by atoms with Crippen LogP contribution in [0.5, 0.6) is 5.75 Å². The Kier molecular flexibility index (Phi) is 7.04. The normalized spacial score (nSPS) is 14.3. The molecule has 2 atom stereocenters. The Labute approximate surface area is 132 Å². The van der Waals surface area contributed by atoms with E-state index in [-0.39, 0.29) is 4.83 Å². The van der Waals surface area contributed by atoms with Crippen molar-refractivity contribution < 1.29 is 4.74 Å². The predicted octanol–water partition coefficient (Wildman–Crippen LogP) is 6.37. The van der Waals surface area contributed by atoms with Gasteiger partial charge in [-0.1, -0.05) is 54.2 Å². The number of unbranched alkanes of at least 4 members (excludes halogenated alkanes) is 1. The summed E-state index contributed by atoms with van der Waals surface area (Å²) < 4.78 is 6.37. The average molecular weight is 399 g/mol. The molecule has 1 aromatic rings. The van der Waals surface area contributed by atoms with Gasteiger partial charge in [0.1, 0.15) is 5.75 Å². The summed E-state index contributed by atoms with van der Waals surface area (Å²) in [6.45, 7) is 4.47. The van der Waals surface area contributed by atoms with Crippen LogP contribution < -0.4 is 4.74 Å². The van der Waals surface area contributed by atoms with E-state index in [9.17, 15) is 0 Å². The van der Waals surface area contributed by atoms with Crippen molar-refractivity contribution >= 4 is 43.5 Å². The highest BCUT2D eigenvalue weighted by Gasteiger charge is 2.21. The Morgan fingerprint density at radius 2 is 2.06 bits per heavy atom. The first-order valence-corrected chi connectivity index (χ1v) is 8.26. The number of halogens is 3. The number of benzene rings is 1. The van der Waals surface area contributed by atoms with Gasteiger partial charge in [0.25, 0.3) is 0 Å². The Morgan fingerprint density at radius 1 is 1.39 bits per heavy atom. The molecule has 0 aliphatic carbocycles. The molecule has 1 rings (SSSR count). The molecule has 0 N–H and O–H groups in total. The van der Waals surface area contributed by atoms with Gasteiger partial charge in [0, 0.05) is 15.4 Å². The van der Waals surface area contributed by atoms with E-state index in [0.29, 0.717) is 5.92 Å². The SMILES string of the molecule is CCCCC(C)C(Br)c1cc(Cl)cc(Br)c1OC. The van der Waals surface area contributed by atoms with Crippen molar-refractivity contribution in [2.24, 2.45) is 5.92 Å². The minimum Gasteiger partial charge on any atom is -0.495 e. The third-order valence-corrected chi connectivity index (χ3v) is 5.25. The van der Waals surface area contributed by atoms with Crippen molar-refractivity contribution in [3.63, 3.8) is 0 Å². The molecule has 18 heavy (non-hydrogen) atoms. The molecule has 0 amide bonds. The van der Waals surface area contributed by atoms with E-state index < -0.39 is 0 Å². The average Bonchev–Trinajstić information content (AvgIpc) is 2.34. The van der Waals surface area contributed by atoms with Crippen molar-refractivity contribution in [3.8, 4) is 5.75 Å². The summed E-state index contributed by atoms with van der Waals surface area (Å²) in [5.74, 6) is 1.41. The topological polar surface area (TPSA) is 9.23 Å². The lowest BCUT2D eigenvalue weighted by atomic mass is 9.95. The quantitative estimate of drug-likeness (QED) is 0.506. The van der Waals surface area contributed by atoms with Crippen LogP contribution in [-0.2, 0) is 0 Å². The molecule has 0 fully saturated rings. The lowest BCUT2D eigenvalue weighted by Crippen LogP contribution is -2.06. The minimum absolute atomic E-state index is 0.258. The first kappa shape index (κ1) is 16.3. The van der Waals surface area contributed by atoms with Gasteiger partial charge in [0.15, 0.2) is 0 Å². The molecule has 0 radical (unpaired) electrons. The van der Waals surface area contributed by atoms with E-state index in [1.54, 1.807) is 7.11 Å². The molecular weight excluding hydrogens is 379 g/mol. The highest BCUT2D eigenvalue weighted by molar-refractivity contribution is 9.10. The van der Waals surface area contributed by atoms with Crippen LogP contribution in [-0.4, -0.2) is 7.11 Å². The van der Waals surface area contributed by atoms with Crippen molar-refractivity contribution in [1.82, 2.24) is 0 Å². The van der Waals surface area contributed by atoms with Gasteiger partial charge in [-0.2, -0.15) is 0 Å². The summed E-state index contributed by atoms with van der Waals surface area (Å²) in [6, 6.07) is 3.84. The number of hydrogen-bond donors (Lipinski definition) is 0. The third kappa shape index (κ3) is 4.14. The van der Waals surface area contributed by atoms with Crippen molar-refractivity contribution in [2.45, 2.75) is 37.9 Å². The van der Waals surface area contributed by atoms with Gasteiger partial charge in [0.05, 0.1) is 11.6 Å². The maximum atomic E-state index is 6.13. The van der Waals surface area contributed by atoms with E-state index in [2.05, 4.69) is 45.7 Å². The van der Waals surface area contributed by atoms with Gasteiger partial charge in [-0.05, 0) is 40.4 Å². The second-order valence-electron chi connectivity index (χ2n) is 4.53. The van der Waals surface area contributed by atoms with Gasteiger partial charge in [0.2, 0.25) is 0 Å². The fourth-order valence-corrected chi connectivity index (χ4v) is 3.58. The number of rotatable bonds is 6. The maximum absolute atomic E-state index is 6.13. The molecule has 1 nitrogen and oxygen atoms in total. The first-order valence-electron chi connectivity index (χ1n) is 6.18. The Morgan fingerprint density at radius 3 is 2.61 bits per heavy atom. The molecule has 0 aliphatic rings. The Hall–Kier alpha value is 0.270. The summed E-state index contributed by atoms with van der Waals surface area (Å²) in [4.78, 5) is 0.258. The van der Waals surface area contributed by atoms with E-state index in [1.807, 2.05) is 12.1 Å². The fourth-order valence-electron chi connectivity index (χ4n) is 1.98. The smallest absolute Gasteiger partial charge is 0.137 e. The summed E-state index contributed by atoms with van der Waals surface area (Å²) >= 11 is 13.4. The molecule has 0 saturated heterocycles. The molecular formula is C14H19Br2ClO. The molecule has 0 saturated carbocycles. The van der Waals surface area contributed by atoms with E-state index in [4.69, 9.17) is 16.3 Å². The zero-order valence-electron chi connectivity index (χ0n) is 11.0. The van der Waals surface area contributed by atoms with Crippen LogP contribution in [0.4, 0.5) is 0 Å². The van der Waals surface area contributed by atoms with Crippen LogP contribution in [0.15, 0.2) is 16.6 Å². The maximum Gasteiger partial charge on any atom is 0.137 e. The largest absolute Gasteiger partial charge is 0.495 e. The number of hydrogen-bond acceptors (Lipinski definition) is 1. The highest BCUT2D eigenvalue weighted by atomic mass is 79.9. The summed E-state index contributed by atoms with van der Waals surface area (Å²) in [5, 5.41) is 0.727. The highest BCUT2D eigenvalue weighted by Crippen LogP contribution is 2.43. The summed E-state index contributed by atoms with van der Waals surface area (Å²) in [6.07, 6.45) is 3.66. The van der Waals surface area contributed by atoms with Crippen molar-refractivity contribution in [2.75, 3.05) is 7.11 Å². The van der Waals surface area contributed by atoms with Gasteiger partial charge >= 0.3 is 0 Å². The second kappa shape index (κ2) is 7.76. The van der Waals surface area contributed by atoms with Crippen LogP contribution in [0.2, 0.25) is 5.02 Å². The monoisotopic (exact) mass is 396 g/mol. The van der Waals surface area contributed by atoms with Gasteiger partial charge in [-0.25, -0.2) is 0 Å². The molecule has 4 heteroatoms. The second-order valence-corrected chi connectivity index (χ2v) is 6.81. The van der Waals surface area contributed by atoms with Crippen LogP contribution in [0.1, 0.15) is 43.5 Å². The number of alkyl halides is 1.